The lowest BCUT2D eigenvalue weighted by Gasteiger charge is -2.10. The number of carboxylic acids is 1. The summed E-state index contributed by atoms with van der Waals surface area (Å²) < 4.78 is 13.9. The van der Waals surface area contributed by atoms with E-state index in [1.165, 1.54) is 6.20 Å². The van der Waals surface area contributed by atoms with Crippen LogP contribution in [0.3, 0.4) is 0 Å². The van der Waals surface area contributed by atoms with Gasteiger partial charge >= 0.3 is 5.97 Å². The van der Waals surface area contributed by atoms with Crippen molar-refractivity contribution in [3.63, 3.8) is 0 Å². The molecule has 0 bridgehead atoms. The maximum absolute atomic E-state index is 13.9. The Labute approximate surface area is 113 Å². The molecular formula is C13H10ClFN2O2. The topological polar surface area (TPSA) is 62.2 Å². The molecule has 0 aliphatic rings. The first-order valence-electron chi connectivity index (χ1n) is 5.40. The van der Waals surface area contributed by atoms with E-state index in [9.17, 15) is 9.18 Å². The highest BCUT2D eigenvalue weighted by Crippen LogP contribution is 2.27. The van der Waals surface area contributed by atoms with E-state index in [1.807, 2.05) is 13.0 Å². The van der Waals surface area contributed by atoms with Gasteiger partial charge in [0.05, 0.1) is 10.7 Å². The second kappa shape index (κ2) is 5.24. The zero-order valence-corrected chi connectivity index (χ0v) is 10.7. The molecule has 0 saturated carbocycles. The second-order valence-electron chi connectivity index (χ2n) is 3.93. The Hall–Kier alpha value is -2.14. The molecule has 0 aliphatic heterocycles. The molecule has 6 heteroatoms. The lowest BCUT2D eigenvalue weighted by atomic mass is 10.2. The van der Waals surface area contributed by atoms with Gasteiger partial charge in [-0.2, -0.15) is 0 Å². The van der Waals surface area contributed by atoms with Gasteiger partial charge in [0.25, 0.3) is 0 Å². The summed E-state index contributed by atoms with van der Waals surface area (Å²) >= 11 is 5.97. The summed E-state index contributed by atoms with van der Waals surface area (Å²) in [6, 6.07) is 6.29. The highest BCUT2D eigenvalue weighted by Gasteiger charge is 2.15. The standard InChI is InChI=1S/C13H10ClFN2O2/c1-7-2-3-9(14)10(6-7)17-12-11(15)8(13(18)19)4-5-16-12/h2-6H,1H3,(H,16,17)(H,18,19). The first-order valence-corrected chi connectivity index (χ1v) is 5.78. The van der Waals surface area contributed by atoms with Crippen molar-refractivity contribution >= 4 is 29.1 Å². The minimum absolute atomic E-state index is 0.174. The number of nitrogens with one attached hydrogen (secondary N) is 1. The normalized spacial score (nSPS) is 10.3. The van der Waals surface area contributed by atoms with Crippen LogP contribution in [0.25, 0.3) is 0 Å². The minimum atomic E-state index is -1.35. The van der Waals surface area contributed by atoms with E-state index in [2.05, 4.69) is 10.3 Å². The molecule has 4 nitrogen and oxygen atoms in total. The van der Waals surface area contributed by atoms with E-state index >= 15 is 0 Å². The van der Waals surface area contributed by atoms with Crippen molar-refractivity contribution < 1.29 is 14.3 Å². The number of aromatic nitrogens is 1. The molecule has 0 fully saturated rings. The molecule has 0 atom stereocenters. The third-order valence-corrected chi connectivity index (χ3v) is 2.82. The number of halogens is 2. The molecule has 0 aliphatic carbocycles. The molecule has 0 radical (unpaired) electrons. The fourth-order valence-electron chi connectivity index (χ4n) is 1.56. The number of aryl methyl sites for hydroxylation is 1. The van der Waals surface area contributed by atoms with Crippen molar-refractivity contribution in [2.24, 2.45) is 0 Å². The number of nitrogens with zero attached hydrogens (tertiary/aromatic N) is 1. The number of rotatable bonds is 3. The average molecular weight is 281 g/mol. The largest absolute Gasteiger partial charge is 0.478 e. The number of aromatic carboxylic acids is 1. The smallest absolute Gasteiger partial charge is 0.338 e. The third kappa shape index (κ3) is 2.82. The van der Waals surface area contributed by atoms with Gasteiger partial charge in [-0.25, -0.2) is 14.2 Å². The average Bonchev–Trinajstić information content (AvgIpc) is 2.36. The number of carbonyl (C=O) groups is 1. The summed E-state index contributed by atoms with van der Waals surface area (Å²) in [6.07, 6.45) is 1.22. The number of anilines is 2. The molecule has 98 valence electrons. The minimum Gasteiger partial charge on any atom is -0.478 e. The van der Waals surface area contributed by atoms with E-state index in [0.29, 0.717) is 10.7 Å². The van der Waals surface area contributed by atoms with E-state index in [1.54, 1.807) is 12.1 Å². The number of pyridine rings is 1. The van der Waals surface area contributed by atoms with Gasteiger partial charge in [0.1, 0.15) is 5.56 Å². The van der Waals surface area contributed by atoms with Crippen LogP contribution in [0.1, 0.15) is 15.9 Å². The lowest BCUT2D eigenvalue weighted by Crippen LogP contribution is -2.05. The molecule has 1 heterocycles. The van der Waals surface area contributed by atoms with Crippen LogP contribution in [0.4, 0.5) is 15.9 Å². The molecule has 19 heavy (non-hydrogen) atoms. The summed E-state index contributed by atoms with van der Waals surface area (Å²) in [4.78, 5) is 14.6. The van der Waals surface area contributed by atoms with Crippen molar-refractivity contribution in [2.75, 3.05) is 5.32 Å². The Morgan fingerprint density at radius 1 is 1.42 bits per heavy atom. The Morgan fingerprint density at radius 3 is 2.84 bits per heavy atom. The first-order chi connectivity index (χ1) is 8.99. The van der Waals surface area contributed by atoms with E-state index in [4.69, 9.17) is 16.7 Å². The quantitative estimate of drug-likeness (QED) is 0.901. The SMILES string of the molecule is Cc1ccc(Cl)c(Nc2nccc(C(=O)O)c2F)c1. The van der Waals surface area contributed by atoms with Gasteiger partial charge in [-0.15, -0.1) is 0 Å². The molecule has 1 aromatic heterocycles. The van der Waals surface area contributed by atoms with Gasteiger partial charge in [-0.3, -0.25) is 0 Å². The van der Waals surface area contributed by atoms with Crippen LogP contribution in [0.2, 0.25) is 5.02 Å². The third-order valence-electron chi connectivity index (χ3n) is 2.49. The van der Waals surface area contributed by atoms with Gasteiger partial charge < -0.3 is 10.4 Å². The molecule has 2 rings (SSSR count). The molecule has 2 aromatic rings. The molecule has 0 saturated heterocycles. The van der Waals surface area contributed by atoms with Crippen molar-refractivity contribution in [1.82, 2.24) is 4.98 Å². The van der Waals surface area contributed by atoms with Crippen molar-refractivity contribution in [2.45, 2.75) is 6.92 Å². The lowest BCUT2D eigenvalue weighted by molar-refractivity contribution is 0.0692. The highest BCUT2D eigenvalue weighted by molar-refractivity contribution is 6.33. The Balaban J connectivity index is 2.41. The van der Waals surface area contributed by atoms with Gasteiger partial charge in [0.15, 0.2) is 11.6 Å². The zero-order valence-electron chi connectivity index (χ0n) is 9.95. The predicted octanol–water partition coefficient (Wildman–Crippen LogP) is 3.62. The predicted molar refractivity (Wildman–Crippen MR) is 70.6 cm³/mol. The van der Waals surface area contributed by atoms with Crippen LogP contribution >= 0.6 is 11.6 Å². The molecule has 0 amide bonds. The van der Waals surface area contributed by atoms with Gasteiger partial charge in [0, 0.05) is 6.20 Å². The summed E-state index contributed by atoms with van der Waals surface area (Å²) in [5.74, 6) is -2.45. The van der Waals surface area contributed by atoms with Gasteiger partial charge in [-0.1, -0.05) is 17.7 Å². The van der Waals surface area contributed by atoms with E-state index in [0.717, 1.165) is 11.6 Å². The fourth-order valence-corrected chi connectivity index (χ4v) is 1.72. The Bertz CT molecular complexity index is 647. The number of benzene rings is 1. The molecule has 0 spiro atoms. The number of carboxylic acid groups (broad SMARTS) is 1. The number of hydrogen-bond acceptors (Lipinski definition) is 3. The summed E-state index contributed by atoms with van der Waals surface area (Å²) in [5.41, 5.74) is 0.957. The van der Waals surface area contributed by atoms with Gasteiger partial charge in [0.2, 0.25) is 0 Å². The monoisotopic (exact) mass is 280 g/mol. The van der Waals surface area contributed by atoms with Crippen LogP contribution in [-0.4, -0.2) is 16.1 Å². The van der Waals surface area contributed by atoms with E-state index in [-0.39, 0.29) is 5.82 Å². The molecular weight excluding hydrogens is 271 g/mol. The maximum atomic E-state index is 13.9. The summed E-state index contributed by atoms with van der Waals surface area (Å²) in [7, 11) is 0. The molecule has 1 aromatic carbocycles. The number of hydrogen-bond donors (Lipinski definition) is 2. The van der Waals surface area contributed by atoms with Crippen LogP contribution in [0, 0.1) is 12.7 Å². The first kappa shape index (κ1) is 13.3. The molecule has 0 unspecified atom stereocenters. The van der Waals surface area contributed by atoms with Crippen LogP contribution in [0.15, 0.2) is 30.5 Å². The van der Waals surface area contributed by atoms with Crippen molar-refractivity contribution in [1.29, 1.82) is 0 Å². The van der Waals surface area contributed by atoms with Gasteiger partial charge in [-0.05, 0) is 30.7 Å². The van der Waals surface area contributed by atoms with Crippen LogP contribution in [-0.2, 0) is 0 Å². The van der Waals surface area contributed by atoms with Crippen molar-refractivity contribution in [3.05, 3.63) is 52.4 Å². The van der Waals surface area contributed by atoms with Crippen molar-refractivity contribution in [3.8, 4) is 0 Å². The summed E-state index contributed by atoms with van der Waals surface area (Å²) in [5, 5.41) is 11.9. The second-order valence-corrected chi connectivity index (χ2v) is 4.34. The zero-order chi connectivity index (χ0) is 14.0. The van der Waals surface area contributed by atoms with E-state index < -0.39 is 17.3 Å². The maximum Gasteiger partial charge on any atom is 0.338 e. The fraction of sp³-hybridized carbons (Fsp3) is 0.0769. The van der Waals surface area contributed by atoms with Crippen LogP contribution < -0.4 is 5.32 Å². The highest BCUT2D eigenvalue weighted by atomic mass is 35.5. The summed E-state index contributed by atoms with van der Waals surface area (Å²) in [6.45, 7) is 1.86. The Kier molecular flexibility index (Phi) is 3.66. The molecule has 2 N–H and O–H groups in total. The Morgan fingerprint density at radius 2 is 2.16 bits per heavy atom. The van der Waals surface area contributed by atoms with Crippen LogP contribution in [0.5, 0.6) is 0 Å².